The van der Waals surface area contributed by atoms with Crippen molar-refractivity contribution in [1.82, 2.24) is 0 Å². The molecule has 0 aliphatic heterocycles. The molecule has 0 N–H and O–H groups in total. The molecule has 0 unspecified atom stereocenters. The molecule has 0 nitrogen and oxygen atoms in total. The van der Waals surface area contributed by atoms with Crippen LogP contribution in [0.1, 0.15) is 63.9 Å². The van der Waals surface area contributed by atoms with Gasteiger partial charge in [-0.2, -0.15) is 0 Å². The lowest BCUT2D eigenvalue weighted by molar-refractivity contribution is 0.294. The molecule has 0 amide bonds. The van der Waals surface area contributed by atoms with Crippen LogP contribution >= 0.6 is 0 Å². The van der Waals surface area contributed by atoms with Gasteiger partial charge < -0.3 is 0 Å². The summed E-state index contributed by atoms with van der Waals surface area (Å²) in [5.41, 5.74) is 5.25. The minimum absolute atomic E-state index is 0.685. The van der Waals surface area contributed by atoms with Crippen LogP contribution in [-0.2, 0) is 0 Å². The zero-order chi connectivity index (χ0) is 17.5. The van der Waals surface area contributed by atoms with Crippen molar-refractivity contribution in [1.29, 1.82) is 0 Å². The maximum Gasteiger partial charge on any atom is -0.0162 e. The first kappa shape index (κ1) is 18.0. The predicted octanol–water partition coefficient (Wildman–Crippen LogP) is 7.75. The van der Waals surface area contributed by atoms with Crippen LogP contribution in [0.2, 0.25) is 0 Å². The van der Waals surface area contributed by atoms with Crippen molar-refractivity contribution < 1.29 is 0 Å². The van der Waals surface area contributed by atoms with Crippen molar-refractivity contribution in [2.24, 2.45) is 11.8 Å². The first-order chi connectivity index (χ1) is 12.3. The molecule has 2 aromatic carbocycles. The van der Waals surface area contributed by atoms with Gasteiger partial charge in [-0.25, -0.2) is 0 Å². The Balaban J connectivity index is 1.55. The van der Waals surface area contributed by atoms with Crippen molar-refractivity contribution in [3.63, 3.8) is 0 Å². The number of hydrogen-bond donors (Lipinski definition) is 0. The Bertz CT molecular complexity index is 642. The maximum atomic E-state index is 4.45. The monoisotopic (exact) mass is 332 g/mol. The molecule has 0 aromatic heterocycles. The van der Waals surface area contributed by atoms with Gasteiger partial charge in [0.25, 0.3) is 0 Å². The normalized spacial score (nSPS) is 20.4. The summed E-state index contributed by atoms with van der Waals surface area (Å²) in [6.07, 6.45) is 11.1. The van der Waals surface area contributed by atoms with E-state index in [9.17, 15) is 0 Å². The lowest BCUT2D eigenvalue weighted by Crippen LogP contribution is -2.15. The Hall–Kier alpha value is -1.82. The highest BCUT2D eigenvalue weighted by Gasteiger charge is 2.23. The van der Waals surface area contributed by atoms with Gasteiger partial charge in [-0.1, -0.05) is 93.8 Å². The standard InChI is InChI=1S/C25H32/c1-3-4-6-9-21-12-14-22(15-13-21)20(2)23-16-18-25(19-17-23)24-10-7-5-8-11-24/h5,7-8,10-11,16-19,21-22H,2-4,6,9,12-15H2,1H3. The molecule has 3 rings (SSSR count). The summed E-state index contributed by atoms with van der Waals surface area (Å²) >= 11 is 0. The summed E-state index contributed by atoms with van der Waals surface area (Å²) < 4.78 is 0. The number of rotatable bonds is 7. The fourth-order valence-corrected chi connectivity index (χ4v) is 4.23. The Labute approximate surface area is 154 Å². The lowest BCUT2D eigenvalue weighted by Gasteiger charge is -2.30. The van der Waals surface area contributed by atoms with Crippen LogP contribution in [0, 0.1) is 11.8 Å². The molecule has 0 heterocycles. The van der Waals surface area contributed by atoms with Gasteiger partial charge in [0.05, 0.1) is 0 Å². The average Bonchev–Trinajstić information content (AvgIpc) is 2.69. The maximum absolute atomic E-state index is 4.45. The summed E-state index contributed by atoms with van der Waals surface area (Å²) in [6, 6.07) is 19.6. The van der Waals surface area contributed by atoms with Gasteiger partial charge in [0.1, 0.15) is 0 Å². The summed E-state index contributed by atoms with van der Waals surface area (Å²) in [5, 5.41) is 0. The largest absolute Gasteiger partial charge is 0.0950 e. The van der Waals surface area contributed by atoms with Crippen molar-refractivity contribution in [3.8, 4) is 11.1 Å². The second kappa shape index (κ2) is 9.04. The van der Waals surface area contributed by atoms with Crippen molar-refractivity contribution >= 4 is 5.57 Å². The topological polar surface area (TPSA) is 0 Å². The van der Waals surface area contributed by atoms with Crippen LogP contribution < -0.4 is 0 Å². The van der Waals surface area contributed by atoms with E-state index >= 15 is 0 Å². The number of allylic oxidation sites excluding steroid dienone is 1. The molecule has 0 bridgehead atoms. The summed E-state index contributed by atoms with van der Waals surface area (Å²) in [5.74, 6) is 1.65. The summed E-state index contributed by atoms with van der Waals surface area (Å²) in [4.78, 5) is 0. The zero-order valence-corrected chi connectivity index (χ0v) is 15.7. The molecular weight excluding hydrogens is 300 g/mol. The molecule has 1 aliphatic rings. The first-order valence-corrected chi connectivity index (χ1v) is 10.1. The molecule has 0 atom stereocenters. The third-order valence-corrected chi connectivity index (χ3v) is 5.92. The lowest BCUT2D eigenvalue weighted by atomic mass is 9.75. The molecule has 1 fully saturated rings. The van der Waals surface area contributed by atoms with Gasteiger partial charge >= 0.3 is 0 Å². The van der Waals surface area contributed by atoms with Crippen molar-refractivity contribution in [3.05, 3.63) is 66.7 Å². The molecule has 0 heteroatoms. The molecule has 0 saturated heterocycles. The molecular formula is C25H32. The molecule has 1 aliphatic carbocycles. The van der Waals surface area contributed by atoms with Gasteiger partial charge in [-0.15, -0.1) is 0 Å². The third kappa shape index (κ3) is 4.84. The molecule has 132 valence electrons. The van der Waals surface area contributed by atoms with E-state index in [0.717, 1.165) is 5.92 Å². The highest BCUT2D eigenvalue weighted by molar-refractivity contribution is 5.70. The van der Waals surface area contributed by atoms with E-state index in [-0.39, 0.29) is 0 Å². The third-order valence-electron chi connectivity index (χ3n) is 5.92. The molecule has 25 heavy (non-hydrogen) atoms. The van der Waals surface area contributed by atoms with E-state index < -0.39 is 0 Å². The van der Waals surface area contributed by atoms with Crippen LogP contribution in [0.5, 0.6) is 0 Å². The van der Waals surface area contributed by atoms with E-state index in [0.29, 0.717) is 5.92 Å². The number of benzene rings is 2. The summed E-state index contributed by atoms with van der Waals surface area (Å²) in [7, 11) is 0. The van der Waals surface area contributed by atoms with Gasteiger partial charge in [-0.3, -0.25) is 0 Å². The Kier molecular flexibility index (Phi) is 6.50. The van der Waals surface area contributed by atoms with E-state index in [2.05, 4.69) is 68.1 Å². The SMILES string of the molecule is C=C(c1ccc(-c2ccccc2)cc1)C1CCC(CCCCC)CC1. The van der Waals surface area contributed by atoms with Crippen molar-refractivity contribution in [2.45, 2.75) is 58.3 Å². The highest BCUT2D eigenvalue weighted by Crippen LogP contribution is 2.38. The predicted molar refractivity (Wildman–Crippen MR) is 111 cm³/mol. The van der Waals surface area contributed by atoms with Crippen LogP contribution in [0.3, 0.4) is 0 Å². The van der Waals surface area contributed by atoms with E-state index in [1.807, 2.05) is 0 Å². The van der Waals surface area contributed by atoms with Crippen LogP contribution in [0.25, 0.3) is 16.7 Å². The fraction of sp³-hybridized carbons (Fsp3) is 0.440. The van der Waals surface area contributed by atoms with E-state index in [1.54, 1.807) is 0 Å². The zero-order valence-electron chi connectivity index (χ0n) is 15.7. The Morgan fingerprint density at radius 1 is 0.840 bits per heavy atom. The Morgan fingerprint density at radius 3 is 2.12 bits per heavy atom. The van der Waals surface area contributed by atoms with Gasteiger partial charge in [0.2, 0.25) is 0 Å². The van der Waals surface area contributed by atoms with E-state index in [4.69, 9.17) is 0 Å². The summed E-state index contributed by atoms with van der Waals surface area (Å²) in [6.45, 7) is 6.75. The quantitative estimate of drug-likeness (QED) is 0.454. The highest BCUT2D eigenvalue weighted by atomic mass is 14.3. The number of unbranched alkanes of at least 4 members (excludes halogenated alkanes) is 2. The fourth-order valence-electron chi connectivity index (χ4n) is 4.23. The molecule has 0 spiro atoms. The van der Waals surface area contributed by atoms with Gasteiger partial charge in [-0.05, 0) is 59.8 Å². The van der Waals surface area contributed by atoms with E-state index in [1.165, 1.54) is 73.6 Å². The first-order valence-electron chi connectivity index (χ1n) is 10.1. The van der Waals surface area contributed by atoms with Gasteiger partial charge in [0, 0.05) is 0 Å². The average molecular weight is 333 g/mol. The van der Waals surface area contributed by atoms with Gasteiger partial charge in [0.15, 0.2) is 0 Å². The molecule has 2 aromatic rings. The minimum atomic E-state index is 0.685. The smallest absolute Gasteiger partial charge is 0.0162 e. The molecule has 1 saturated carbocycles. The van der Waals surface area contributed by atoms with Crippen molar-refractivity contribution in [2.75, 3.05) is 0 Å². The number of hydrogen-bond acceptors (Lipinski definition) is 0. The Morgan fingerprint density at radius 2 is 1.48 bits per heavy atom. The van der Waals surface area contributed by atoms with Crippen LogP contribution in [0.4, 0.5) is 0 Å². The van der Waals surface area contributed by atoms with Crippen LogP contribution in [-0.4, -0.2) is 0 Å². The van der Waals surface area contributed by atoms with Crippen LogP contribution in [0.15, 0.2) is 61.2 Å². The minimum Gasteiger partial charge on any atom is -0.0950 e. The molecule has 0 radical (unpaired) electrons. The second-order valence-corrected chi connectivity index (χ2v) is 7.68. The second-order valence-electron chi connectivity index (χ2n) is 7.68.